The summed E-state index contributed by atoms with van der Waals surface area (Å²) in [5.74, 6) is 0.406. The van der Waals surface area contributed by atoms with Crippen LogP contribution >= 0.6 is 0 Å². The van der Waals surface area contributed by atoms with Gasteiger partial charge in [-0.05, 0) is 52.5 Å². The van der Waals surface area contributed by atoms with Crippen molar-refractivity contribution in [1.82, 2.24) is 19.6 Å². The lowest BCUT2D eigenvalue weighted by Gasteiger charge is -2.26. The van der Waals surface area contributed by atoms with Gasteiger partial charge in [-0.2, -0.15) is 5.10 Å². The highest BCUT2D eigenvalue weighted by atomic mass is 16.2. The molecular formula is C23H34N4O2. The SMILES string of the molecule is CC1=CCCN(C(=O)CCc2c(C)nn(CCC(=O)N3CCC=C(C)C3)c2C)C1. The molecule has 2 aliphatic rings. The third-order valence-corrected chi connectivity index (χ3v) is 6.03. The number of amides is 2. The zero-order valence-corrected chi connectivity index (χ0v) is 18.3. The number of aromatic nitrogens is 2. The van der Waals surface area contributed by atoms with Gasteiger partial charge >= 0.3 is 0 Å². The van der Waals surface area contributed by atoms with E-state index in [1.807, 2.05) is 28.3 Å². The fraction of sp³-hybridized carbons (Fsp3) is 0.609. The maximum atomic E-state index is 12.6. The Morgan fingerprint density at radius 2 is 1.45 bits per heavy atom. The van der Waals surface area contributed by atoms with Gasteiger partial charge in [-0.25, -0.2) is 0 Å². The first-order chi connectivity index (χ1) is 13.8. The number of hydrogen-bond acceptors (Lipinski definition) is 3. The van der Waals surface area contributed by atoms with Crippen LogP contribution in [0.2, 0.25) is 0 Å². The molecule has 0 spiro atoms. The maximum Gasteiger partial charge on any atom is 0.224 e. The topological polar surface area (TPSA) is 58.4 Å². The average Bonchev–Trinajstić information content (AvgIpc) is 2.97. The summed E-state index contributed by atoms with van der Waals surface area (Å²) in [5, 5.41) is 4.65. The van der Waals surface area contributed by atoms with E-state index >= 15 is 0 Å². The zero-order valence-electron chi connectivity index (χ0n) is 18.3. The van der Waals surface area contributed by atoms with E-state index in [0.717, 1.165) is 56.0 Å². The molecule has 0 atom stereocenters. The summed E-state index contributed by atoms with van der Waals surface area (Å²) in [6.07, 6.45) is 8.01. The van der Waals surface area contributed by atoms with E-state index < -0.39 is 0 Å². The van der Waals surface area contributed by atoms with Crippen molar-refractivity contribution < 1.29 is 9.59 Å². The molecule has 6 heteroatoms. The number of carbonyl (C=O) groups excluding carboxylic acids is 2. The summed E-state index contributed by atoms with van der Waals surface area (Å²) in [5.41, 5.74) is 5.73. The number of hydrogen-bond donors (Lipinski definition) is 0. The van der Waals surface area contributed by atoms with Gasteiger partial charge in [0.25, 0.3) is 0 Å². The molecular weight excluding hydrogens is 364 g/mol. The first kappa shape index (κ1) is 21.3. The number of aryl methyl sites for hydroxylation is 2. The van der Waals surface area contributed by atoms with Crippen LogP contribution in [-0.4, -0.2) is 57.6 Å². The Hall–Kier alpha value is -2.37. The second-order valence-electron chi connectivity index (χ2n) is 8.43. The van der Waals surface area contributed by atoms with E-state index in [0.29, 0.717) is 25.8 Å². The summed E-state index contributed by atoms with van der Waals surface area (Å²) in [6.45, 7) is 11.9. The number of nitrogens with zero attached hydrogens (tertiary/aromatic N) is 4. The molecule has 0 bridgehead atoms. The molecule has 1 aromatic rings. The van der Waals surface area contributed by atoms with Crippen LogP contribution in [0.3, 0.4) is 0 Å². The number of rotatable bonds is 6. The minimum absolute atomic E-state index is 0.190. The average molecular weight is 399 g/mol. The van der Waals surface area contributed by atoms with Crippen LogP contribution in [-0.2, 0) is 22.6 Å². The molecule has 3 rings (SSSR count). The van der Waals surface area contributed by atoms with Crippen molar-refractivity contribution in [2.24, 2.45) is 0 Å². The van der Waals surface area contributed by atoms with Crippen molar-refractivity contribution in [2.75, 3.05) is 26.2 Å². The van der Waals surface area contributed by atoms with Gasteiger partial charge in [-0.1, -0.05) is 23.3 Å². The van der Waals surface area contributed by atoms with Crippen molar-refractivity contribution >= 4 is 11.8 Å². The Balaban J connectivity index is 1.54. The van der Waals surface area contributed by atoms with E-state index in [-0.39, 0.29) is 11.8 Å². The summed E-state index contributed by atoms with van der Waals surface area (Å²) >= 11 is 0. The number of carbonyl (C=O) groups is 2. The minimum atomic E-state index is 0.190. The molecule has 0 saturated carbocycles. The van der Waals surface area contributed by atoms with E-state index in [4.69, 9.17) is 0 Å². The Bertz CT molecular complexity index is 834. The minimum Gasteiger partial charge on any atom is -0.338 e. The van der Waals surface area contributed by atoms with E-state index in [2.05, 4.69) is 31.1 Å². The highest BCUT2D eigenvalue weighted by Gasteiger charge is 2.20. The fourth-order valence-corrected chi connectivity index (χ4v) is 4.31. The van der Waals surface area contributed by atoms with Crippen LogP contribution in [0.25, 0.3) is 0 Å². The molecule has 0 aliphatic carbocycles. The molecule has 3 heterocycles. The summed E-state index contributed by atoms with van der Waals surface area (Å²) in [6, 6.07) is 0. The van der Waals surface area contributed by atoms with Crippen LogP contribution in [0.4, 0.5) is 0 Å². The lowest BCUT2D eigenvalue weighted by Crippen LogP contribution is -2.35. The van der Waals surface area contributed by atoms with Gasteiger partial charge in [0.15, 0.2) is 0 Å². The molecule has 0 N–H and O–H groups in total. The van der Waals surface area contributed by atoms with Crippen molar-refractivity contribution in [3.05, 3.63) is 40.2 Å². The monoisotopic (exact) mass is 398 g/mol. The second kappa shape index (κ2) is 9.42. The first-order valence-corrected chi connectivity index (χ1v) is 10.7. The van der Waals surface area contributed by atoms with Crippen LogP contribution in [0.5, 0.6) is 0 Å². The largest absolute Gasteiger partial charge is 0.338 e. The molecule has 29 heavy (non-hydrogen) atoms. The fourth-order valence-electron chi connectivity index (χ4n) is 4.31. The highest BCUT2D eigenvalue weighted by Crippen LogP contribution is 2.18. The van der Waals surface area contributed by atoms with E-state index in [1.54, 1.807) is 0 Å². The lowest BCUT2D eigenvalue weighted by atomic mass is 10.1. The van der Waals surface area contributed by atoms with Crippen molar-refractivity contribution in [3.63, 3.8) is 0 Å². The molecule has 1 aromatic heterocycles. The van der Waals surface area contributed by atoms with Gasteiger partial charge in [-0.3, -0.25) is 14.3 Å². The van der Waals surface area contributed by atoms with Crippen molar-refractivity contribution in [1.29, 1.82) is 0 Å². The predicted molar refractivity (Wildman–Crippen MR) is 115 cm³/mol. The van der Waals surface area contributed by atoms with Gasteiger partial charge in [0, 0.05) is 51.3 Å². The molecule has 0 radical (unpaired) electrons. The Labute approximate surface area is 174 Å². The Morgan fingerprint density at radius 1 is 0.897 bits per heavy atom. The van der Waals surface area contributed by atoms with Gasteiger partial charge in [0.1, 0.15) is 0 Å². The quantitative estimate of drug-likeness (QED) is 0.692. The summed E-state index contributed by atoms with van der Waals surface area (Å²) in [4.78, 5) is 29.0. The molecule has 0 fully saturated rings. The van der Waals surface area contributed by atoms with E-state index in [1.165, 1.54) is 11.1 Å². The van der Waals surface area contributed by atoms with Gasteiger partial charge in [-0.15, -0.1) is 0 Å². The zero-order chi connectivity index (χ0) is 21.0. The van der Waals surface area contributed by atoms with Gasteiger partial charge in [0.2, 0.25) is 11.8 Å². The van der Waals surface area contributed by atoms with Crippen LogP contribution in [0.15, 0.2) is 23.3 Å². The van der Waals surface area contributed by atoms with E-state index in [9.17, 15) is 9.59 Å². The molecule has 158 valence electrons. The lowest BCUT2D eigenvalue weighted by molar-refractivity contribution is -0.131. The Kier molecular flexibility index (Phi) is 6.93. The van der Waals surface area contributed by atoms with Gasteiger partial charge in [0.05, 0.1) is 5.69 Å². The van der Waals surface area contributed by atoms with Crippen molar-refractivity contribution in [2.45, 2.75) is 66.3 Å². The van der Waals surface area contributed by atoms with Crippen LogP contribution < -0.4 is 0 Å². The molecule has 0 unspecified atom stereocenters. The molecule has 6 nitrogen and oxygen atoms in total. The van der Waals surface area contributed by atoms with Crippen LogP contribution in [0, 0.1) is 13.8 Å². The third kappa shape index (κ3) is 5.37. The van der Waals surface area contributed by atoms with Gasteiger partial charge < -0.3 is 9.80 Å². The molecule has 0 aromatic carbocycles. The maximum absolute atomic E-state index is 12.6. The molecule has 0 saturated heterocycles. The summed E-state index contributed by atoms with van der Waals surface area (Å²) in [7, 11) is 0. The van der Waals surface area contributed by atoms with Crippen molar-refractivity contribution in [3.8, 4) is 0 Å². The highest BCUT2D eigenvalue weighted by molar-refractivity contribution is 5.77. The first-order valence-electron chi connectivity index (χ1n) is 10.7. The summed E-state index contributed by atoms with van der Waals surface area (Å²) < 4.78 is 1.94. The Morgan fingerprint density at radius 3 is 2.00 bits per heavy atom. The molecule has 2 amide bonds. The normalized spacial score (nSPS) is 17.2. The standard InChI is InChI=1S/C23H34N4O2/c1-17-7-5-12-25(15-17)22(28)10-9-21-19(3)24-27(20(21)4)14-11-23(29)26-13-6-8-18(2)16-26/h7-8H,5-6,9-16H2,1-4H3. The van der Waals surface area contributed by atoms with Crippen LogP contribution in [0.1, 0.15) is 56.5 Å². The second-order valence-corrected chi connectivity index (χ2v) is 8.43. The molecule has 2 aliphatic heterocycles. The predicted octanol–water partition coefficient (Wildman–Crippen LogP) is 3.18. The third-order valence-electron chi connectivity index (χ3n) is 6.03. The smallest absolute Gasteiger partial charge is 0.224 e.